The van der Waals surface area contributed by atoms with Crippen molar-refractivity contribution in [1.29, 1.82) is 0 Å². The van der Waals surface area contributed by atoms with Crippen molar-refractivity contribution in [2.75, 3.05) is 0 Å². The molecule has 2 aromatic rings. The van der Waals surface area contributed by atoms with Gasteiger partial charge in [-0.3, -0.25) is 0 Å². The van der Waals surface area contributed by atoms with Crippen LogP contribution in [-0.2, 0) is 0 Å². The van der Waals surface area contributed by atoms with Crippen LogP contribution in [0.2, 0.25) is 0 Å². The molecule has 0 aliphatic heterocycles. The third kappa shape index (κ3) is 1.44. The molecule has 0 bridgehead atoms. The van der Waals surface area contributed by atoms with E-state index in [0.29, 0.717) is 11.6 Å². The average Bonchev–Trinajstić information content (AvgIpc) is 2.73. The molecule has 0 spiro atoms. The number of furan rings is 1. The fourth-order valence-corrected chi connectivity index (χ4v) is 1.32. The Kier molecular flexibility index (Phi) is 2.13. The van der Waals surface area contributed by atoms with Crippen LogP contribution in [0.5, 0.6) is 0 Å². The van der Waals surface area contributed by atoms with E-state index in [1.807, 2.05) is 6.92 Å². The fraction of sp³-hybridized carbons (Fsp3) is 0.300. The van der Waals surface area contributed by atoms with E-state index in [0.717, 1.165) is 11.1 Å². The molecule has 2 heterocycles. The highest BCUT2D eigenvalue weighted by Gasteiger charge is 2.17. The Labute approximate surface area is 81.2 Å². The van der Waals surface area contributed by atoms with Crippen molar-refractivity contribution in [1.82, 2.24) is 4.98 Å². The van der Waals surface area contributed by atoms with Gasteiger partial charge in [-0.05, 0) is 12.5 Å². The first-order valence-electron chi connectivity index (χ1n) is 4.31. The molecule has 14 heavy (non-hydrogen) atoms. The van der Waals surface area contributed by atoms with E-state index >= 15 is 0 Å². The lowest BCUT2D eigenvalue weighted by Gasteiger charge is -2.04. The number of aromatic nitrogens is 1. The van der Waals surface area contributed by atoms with Gasteiger partial charge in [-0.25, -0.2) is 4.98 Å². The maximum absolute atomic E-state index is 9.89. The van der Waals surface area contributed by atoms with Gasteiger partial charge >= 0.3 is 0 Å². The predicted molar refractivity (Wildman–Crippen MR) is 48.7 cm³/mol. The Morgan fingerprint density at radius 3 is 2.57 bits per heavy atom. The van der Waals surface area contributed by atoms with E-state index in [1.54, 1.807) is 13.2 Å². The Bertz CT molecular complexity index is 430. The first kappa shape index (κ1) is 9.02. The molecule has 0 radical (unpaired) electrons. The lowest BCUT2D eigenvalue weighted by molar-refractivity contribution is 0.213. The molecule has 0 aromatic carbocycles. The van der Waals surface area contributed by atoms with Gasteiger partial charge in [0, 0.05) is 12.5 Å². The lowest BCUT2D eigenvalue weighted by atomic mass is 10.1. The molecular formula is C10H11NO3. The van der Waals surface area contributed by atoms with E-state index in [2.05, 4.69) is 4.98 Å². The summed E-state index contributed by atoms with van der Waals surface area (Å²) < 4.78 is 10.00. The molecule has 0 aliphatic rings. The Hall–Kier alpha value is -1.55. The maximum Gasteiger partial charge on any atom is 0.191 e. The van der Waals surface area contributed by atoms with Crippen LogP contribution in [0.25, 0.3) is 0 Å². The zero-order valence-corrected chi connectivity index (χ0v) is 8.02. The number of rotatable bonds is 2. The van der Waals surface area contributed by atoms with Crippen LogP contribution in [-0.4, -0.2) is 10.1 Å². The van der Waals surface area contributed by atoms with Crippen LogP contribution in [0.1, 0.15) is 28.8 Å². The third-order valence-corrected chi connectivity index (χ3v) is 2.11. The second-order valence-electron chi connectivity index (χ2n) is 3.20. The van der Waals surface area contributed by atoms with Gasteiger partial charge in [-0.15, -0.1) is 0 Å². The summed E-state index contributed by atoms with van der Waals surface area (Å²) >= 11 is 0. The predicted octanol–water partition coefficient (Wildman–Crippen LogP) is 1.97. The minimum absolute atomic E-state index is 0.506. The highest BCUT2D eigenvalue weighted by Crippen LogP contribution is 2.24. The van der Waals surface area contributed by atoms with Crippen LogP contribution in [0.4, 0.5) is 0 Å². The van der Waals surface area contributed by atoms with Gasteiger partial charge in [0.1, 0.15) is 18.1 Å². The lowest BCUT2D eigenvalue weighted by Crippen LogP contribution is -2.00. The summed E-state index contributed by atoms with van der Waals surface area (Å²) in [5.41, 5.74) is 2.13. The first-order chi connectivity index (χ1) is 6.68. The maximum atomic E-state index is 9.89. The van der Waals surface area contributed by atoms with Gasteiger partial charge < -0.3 is 13.9 Å². The second kappa shape index (κ2) is 3.31. The van der Waals surface area contributed by atoms with Crippen LogP contribution in [0.15, 0.2) is 27.6 Å². The zero-order valence-electron chi connectivity index (χ0n) is 8.02. The molecular weight excluding hydrogens is 182 g/mol. The number of hydrogen-bond donors (Lipinski definition) is 1. The number of aliphatic hydroxyl groups is 1. The number of nitrogens with zero attached hydrogens (tertiary/aromatic N) is 1. The smallest absolute Gasteiger partial charge is 0.191 e. The summed E-state index contributed by atoms with van der Waals surface area (Å²) in [6, 6.07) is 0. The summed E-state index contributed by atoms with van der Waals surface area (Å²) in [4.78, 5) is 4.05. The molecule has 2 aromatic heterocycles. The van der Waals surface area contributed by atoms with Crippen molar-refractivity contribution in [3.05, 3.63) is 41.5 Å². The minimum atomic E-state index is -0.772. The molecule has 1 unspecified atom stereocenters. The van der Waals surface area contributed by atoms with Crippen molar-refractivity contribution < 1.29 is 13.9 Å². The number of aliphatic hydroxyl groups excluding tert-OH is 1. The topological polar surface area (TPSA) is 59.4 Å². The molecule has 2 rings (SSSR count). The quantitative estimate of drug-likeness (QED) is 0.792. The summed E-state index contributed by atoms with van der Waals surface area (Å²) in [7, 11) is 0. The van der Waals surface area contributed by atoms with Gasteiger partial charge in [0.2, 0.25) is 0 Å². The number of aryl methyl sites for hydroxylation is 2. The molecule has 0 amide bonds. The van der Waals surface area contributed by atoms with Crippen molar-refractivity contribution in [3.8, 4) is 0 Å². The highest BCUT2D eigenvalue weighted by atomic mass is 16.3. The van der Waals surface area contributed by atoms with Crippen LogP contribution in [0, 0.1) is 13.8 Å². The molecule has 4 heteroatoms. The van der Waals surface area contributed by atoms with Gasteiger partial charge in [0.25, 0.3) is 0 Å². The summed E-state index contributed by atoms with van der Waals surface area (Å²) in [5, 5.41) is 9.89. The fourth-order valence-electron chi connectivity index (χ4n) is 1.32. The molecule has 74 valence electrons. The Morgan fingerprint density at radius 1 is 1.29 bits per heavy atom. The van der Waals surface area contributed by atoms with Crippen molar-refractivity contribution in [2.24, 2.45) is 0 Å². The Morgan fingerprint density at radius 2 is 2.07 bits per heavy atom. The Balaban J connectivity index is 2.33. The van der Waals surface area contributed by atoms with Gasteiger partial charge in [-0.2, -0.15) is 0 Å². The molecule has 0 fully saturated rings. The second-order valence-corrected chi connectivity index (χ2v) is 3.20. The highest BCUT2D eigenvalue weighted by molar-refractivity contribution is 5.27. The van der Waals surface area contributed by atoms with E-state index in [-0.39, 0.29) is 0 Å². The average molecular weight is 193 g/mol. The van der Waals surface area contributed by atoms with E-state index in [4.69, 9.17) is 8.83 Å². The molecule has 1 atom stereocenters. The van der Waals surface area contributed by atoms with E-state index < -0.39 is 6.10 Å². The largest absolute Gasteiger partial charge is 0.472 e. The number of oxazole rings is 1. The monoisotopic (exact) mass is 193 g/mol. The SMILES string of the molecule is Cc1nc(C(O)c2cocc2C)co1. The van der Waals surface area contributed by atoms with Gasteiger partial charge in [0.15, 0.2) is 5.89 Å². The molecule has 0 saturated heterocycles. The molecule has 1 N–H and O–H groups in total. The third-order valence-electron chi connectivity index (χ3n) is 2.11. The van der Waals surface area contributed by atoms with Crippen LogP contribution >= 0.6 is 0 Å². The van der Waals surface area contributed by atoms with Crippen molar-refractivity contribution >= 4 is 0 Å². The van der Waals surface area contributed by atoms with E-state index in [9.17, 15) is 5.11 Å². The minimum Gasteiger partial charge on any atom is -0.472 e. The molecule has 0 aliphatic carbocycles. The number of hydrogen-bond acceptors (Lipinski definition) is 4. The van der Waals surface area contributed by atoms with Crippen LogP contribution < -0.4 is 0 Å². The van der Waals surface area contributed by atoms with Gasteiger partial charge in [-0.1, -0.05) is 0 Å². The zero-order chi connectivity index (χ0) is 10.1. The van der Waals surface area contributed by atoms with Crippen molar-refractivity contribution in [2.45, 2.75) is 20.0 Å². The molecule has 0 saturated carbocycles. The molecule has 4 nitrogen and oxygen atoms in total. The first-order valence-corrected chi connectivity index (χ1v) is 4.31. The normalized spacial score (nSPS) is 13.1. The summed E-state index contributed by atoms with van der Waals surface area (Å²) in [6.07, 6.45) is 3.79. The summed E-state index contributed by atoms with van der Waals surface area (Å²) in [6.45, 7) is 3.60. The van der Waals surface area contributed by atoms with E-state index in [1.165, 1.54) is 12.5 Å². The summed E-state index contributed by atoms with van der Waals surface area (Å²) in [5.74, 6) is 0.542. The van der Waals surface area contributed by atoms with Gasteiger partial charge in [0.05, 0.1) is 12.5 Å². The van der Waals surface area contributed by atoms with Crippen molar-refractivity contribution in [3.63, 3.8) is 0 Å². The standard InChI is InChI=1S/C10H11NO3/c1-6-3-13-4-8(6)10(12)9-5-14-7(2)11-9/h3-5,10,12H,1-2H3. The van der Waals surface area contributed by atoms with Crippen LogP contribution in [0.3, 0.4) is 0 Å².